The van der Waals surface area contributed by atoms with Crippen LogP contribution >= 0.6 is 0 Å². The van der Waals surface area contributed by atoms with E-state index < -0.39 is 10.0 Å². The summed E-state index contributed by atoms with van der Waals surface area (Å²) in [4.78, 5) is 16.6. The second kappa shape index (κ2) is 6.54. The van der Waals surface area contributed by atoms with Crippen LogP contribution in [0, 0.1) is 11.8 Å². The van der Waals surface area contributed by atoms with Gasteiger partial charge in [-0.25, -0.2) is 8.42 Å². The van der Waals surface area contributed by atoms with Crippen molar-refractivity contribution in [3.63, 3.8) is 0 Å². The fraction of sp³-hybridized carbons (Fsp3) is 0.600. The zero-order valence-corrected chi connectivity index (χ0v) is 13.8. The van der Waals surface area contributed by atoms with Gasteiger partial charge in [-0.2, -0.15) is 4.31 Å². The van der Waals surface area contributed by atoms with E-state index in [2.05, 4.69) is 10.3 Å². The Bertz CT molecular complexity index is 665. The molecule has 8 heteroatoms. The zero-order valence-electron chi connectivity index (χ0n) is 13.0. The summed E-state index contributed by atoms with van der Waals surface area (Å²) in [6, 6.07) is 3.70. The fourth-order valence-electron chi connectivity index (χ4n) is 3.31. The number of ether oxygens (including phenoxy) is 1. The van der Waals surface area contributed by atoms with Crippen molar-refractivity contribution in [2.45, 2.75) is 19.1 Å². The molecular weight excluding hydrogens is 318 g/mol. The van der Waals surface area contributed by atoms with Crippen molar-refractivity contribution in [3.8, 4) is 0 Å². The van der Waals surface area contributed by atoms with E-state index in [0.717, 1.165) is 12.0 Å². The highest BCUT2D eigenvalue weighted by atomic mass is 32.2. The van der Waals surface area contributed by atoms with Crippen LogP contribution in [0.2, 0.25) is 0 Å². The van der Waals surface area contributed by atoms with Crippen molar-refractivity contribution >= 4 is 15.9 Å². The molecule has 23 heavy (non-hydrogen) atoms. The number of carbonyl (C=O) groups excluding carboxylic acids is 1. The topological polar surface area (TPSA) is 88.6 Å². The third-order valence-corrected chi connectivity index (χ3v) is 5.79. The van der Waals surface area contributed by atoms with Gasteiger partial charge in [0, 0.05) is 44.6 Å². The highest BCUT2D eigenvalue weighted by molar-refractivity contribution is 7.88. The van der Waals surface area contributed by atoms with Gasteiger partial charge < -0.3 is 10.1 Å². The normalized spacial score (nSPS) is 28.3. The molecule has 126 valence electrons. The number of fused-ring (bicyclic) bond motifs is 1. The summed E-state index contributed by atoms with van der Waals surface area (Å²) in [5.41, 5.74) is 0.913. The fourth-order valence-corrected chi connectivity index (χ4v) is 4.16. The first-order chi connectivity index (χ1) is 10.9. The summed E-state index contributed by atoms with van der Waals surface area (Å²) in [5, 5.41) is 2.90. The number of rotatable bonds is 4. The number of carbonyl (C=O) groups is 1. The third-order valence-electron chi connectivity index (χ3n) is 4.56. The highest BCUT2D eigenvalue weighted by Crippen LogP contribution is 2.34. The molecule has 1 N–H and O–H groups in total. The van der Waals surface area contributed by atoms with E-state index in [1.807, 2.05) is 12.1 Å². The van der Waals surface area contributed by atoms with Gasteiger partial charge in [-0.05, 0) is 18.1 Å². The number of nitrogens with one attached hydrogen (secondary N) is 1. The Morgan fingerprint density at radius 2 is 2.30 bits per heavy atom. The van der Waals surface area contributed by atoms with E-state index in [4.69, 9.17) is 4.74 Å². The zero-order chi connectivity index (χ0) is 16.4. The smallest absolute Gasteiger partial charge is 0.225 e. The SMILES string of the molecule is CS(=O)(=O)N1C[C@H]2OCC[C@H]2[C@H](C(=O)NCc2cccnc2)C1. The van der Waals surface area contributed by atoms with Crippen LogP contribution in [-0.4, -0.2) is 55.7 Å². The molecule has 0 bridgehead atoms. The first-order valence-corrected chi connectivity index (χ1v) is 9.53. The molecule has 0 radical (unpaired) electrons. The number of nitrogens with zero attached hydrogens (tertiary/aromatic N) is 2. The Kier molecular flexibility index (Phi) is 4.65. The van der Waals surface area contributed by atoms with Gasteiger partial charge in [-0.3, -0.25) is 9.78 Å². The Morgan fingerprint density at radius 3 is 3.00 bits per heavy atom. The number of pyridine rings is 1. The van der Waals surface area contributed by atoms with Gasteiger partial charge in [0.25, 0.3) is 0 Å². The van der Waals surface area contributed by atoms with Crippen molar-refractivity contribution in [1.29, 1.82) is 0 Å². The van der Waals surface area contributed by atoms with Gasteiger partial charge >= 0.3 is 0 Å². The molecule has 0 aromatic carbocycles. The van der Waals surface area contributed by atoms with Crippen LogP contribution in [0.1, 0.15) is 12.0 Å². The van der Waals surface area contributed by atoms with Crippen molar-refractivity contribution in [2.75, 3.05) is 26.0 Å². The lowest BCUT2D eigenvalue weighted by atomic mass is 9.83. The maximum absolute atomic E-state index is 12.6. The van der Waals surface area contributed by atoms with Crippen LogP contribution in [-0.2, 0) is 26.1 Å². The van der Waals surface area contributed by atoms with Crippen LogP contribution in [0.4, 0.5) is 0 Å². The van der Waals surface area contributed by atoms with Gasteiger partial charge in [0.05, 0.1) is 18.3 Å². The van der Waals surface area contributed by atoms with Gasteiger partial charge in [-0.1, -0.05) is 6.07 Å². The van der Waals surface area contributed by atoms with E-state index in [1.54, 1.807) is 12.4 Å². The van der Waals surface area contributed by atoms with E-state index >= 15 is 0 Å². The Labute approximate surface area is 136 Å². The molecule has 3 atom stereocenters. The molecule has 2 saturated heterocycles. The first kappa shape index (κ1) is 16.4. The summed E-state index contributed by atoms with van der Waals surface area (Å²) in [5.74, 6) is -0.410. The average molecular weight is 339 g/mol. The number of aromatic nitrogens is 1. The van der Waals surface area contributed by atoms with E-state index in [9.17, 15) is 13.2 Å². The molecule has 2 aliphatic rings. The van der Waals surface area contributed by atoms with Gasteiger partial charge in [-0.15, -0.1) is 0 Å². The van der Waals surface area contributed by atoms with E-state index in [-0.39, 0.29) is 30.4 Å². The summed E-state index contributed by atoms with van der Waals surface area (Å²) in [6.07, 6.45) is 5.16. The van der Waals surface area contributed by atoms with Crippen LogP contribution in [0.15, 0.2) is 24.5 Å². The lowest BCUT2D eigenvalue weighted by Gasteiger charge is -2.37. The minimum atomic E-state index is -3.33. The standard InChI is InChI=1S/C15H21N3O4S/c1-23(20,21)18-9-13(12-4-6-22-14(12)10-18)15(19)17-8-11-3-2-5-16-7-11/h2-3,5,7,12-14H,4,6,8-10H2,1H3,(H,17,19)/t12-,13+,14+/m0/s1. The van der Waals surface area contributed by atoms with Gasteiger partial charge in [0.2, 0.25) is 15.9 Å². The summed E-state index contributed by atoms with van der Waals surface area (Å²) in [7, 11) is -3.33. The first-order valence-electron chi connectivity index (χ1n) is 7.68. The summed E-state index contributed by atoms with van der Waals surface area (Å²) in [6.45, 7) is 1.54. The second-order valence-corrected chi connectivity index (χ2v) is 8.11. The average Bonchev–Trinajstić information content (AvgIpc) is 3.00. The Balaban J connectivity index is 1.69. The van der Waals surface area contributed by atoms with E-state index in [0.29, 0.717) is 19.7 Å². The van der Waals surface area contributed by atoms with Crippen LogP contribution in [0.25, 0.3) is 0 Å². The molecule has 1 aromatic heterocycles. The Morgan fingerprint density at radius 1 is 1.48 bits per heavy atom. The molecule has 7 nitrogen and oxygen atoms in total. The third kappa shape index (κ3) is 3.70. The van der Waals surface area contributed by atoms with Crippen LogP contribution in [0.5, 0.6) is 0 Å². The van der Waals surface area contributed by atoms with Gasteiger partial charge in [0.15, 0.2) is 0 Å². The van der Waals surface area contributed by atoms with Crippen LogP contribution in [0.3, 0.4) is 0 Å². The molecule has 2 fully saturated rings. The minimum absolute atomic E-state index is 0.0851. The summed E-state index contributed by atoms with van der Waals surface area (Å²) >= 11 is 0. The number of amides is 1. The van der Waals surface area contributed by atoms with Crippen molar-refractivity contribution in [3.05, 3.63) is 30.1 Å². The lowest BCUT2D eigenvalue weighted by molar-refractivity contribution is -0.129. The molecule has 1 aromatic rings. The molecule has 2 aliphatic heterocycles. The largest absolute Gasteiger partial charge is 0.377 e. The molecule has 0 saturated carbocycles. The maximum Gasteiger partial charge on any atom is 0.225 e. The highest BCUT2D eigenvalue weighted by Gasteiger charge is 2.45. The molecule has 3 rings (SSSR count). The number of piperidine rings is 1. The minimum Gasteiger partial charge on any atom is -0.377 e. The van der Waals surface area contributed by atoms with Gasteiger partial charge in [0.1, 0.15) is 0 Å². The van der Waals surface area contributed by atoms with E-state index in [1.165, 1.54) is 10.6 Å². The number of hydrogen-bond acceptors (Lipinski definition) is 5. The monoisotopic (exact) mass is 339 g/mol. The predicted molar refractivity (Wildman–Crippen MR) is 83.8 cm³/mol. The van der Waals surface area contributed by atoms with Crippen molar-refractivity contribution in [2.24, 2.45) is 11.8 Å². The summed E-state index contributed by atoms with van der Waals surface area (Å²) < 4.78 is 30.7. The molecule has 1 amide bonds. The van der Waals surface area contributed by atoms with Crippen molar-refractivity contribution in [1.82, 2.24) is 14.6 Å². The molecule has 0 spiro atoms. The lowest BCUT2D eigenvalue weighted by Crippen LogP contribution is -2.53. The Hall–Kier alpha value is -1.51. The molecule has 3 heterocycles. The number of hydrogen-bond donors (Lipinski definition) is 1. The molecule has 0 aliphatic carbocycles. The molecular formula is C15H21N3O4S. The maximum atomic E-state index is 12.6. The molecule has 0 unspecified atom stereocenters. The van der Waals surface area contributed by atoms with Crippen LogP contribution < -0.4 is 5.32 Å². The second-order valence-electron chi connectivity index (χ2n) is 6.13. The quantitative estimate of drug-likeness (QED) is 0.834. The number of sulfonamides is 1. The predicted octanol–water partition coefficient (Wildman–Crippen LogP) is -0.00570. The van der Waals surface area contributed by atoms with Crippen molar-refractivity contribution < 1.29 is 17.9 Å².